The number of nitrogens with zero attached hydrogens (tertiary/aromatic N) is 2. The molecule has 0 N–H and O–H groups in total. The van der Waals surface area contributed by atoms with Crippen molar-refractivity contribution in [1.82, 2.24) is 9.80 Å². The molecule has 1 aromatic carbocycles. The SMILES string of the molecule is COc1ccc(C(=O)N(C)CC[C@@H]2CCCCO2)cc1OC1CCN(C(C)=O)CC1. The fourth-order valence-electron chi connectivity index (χ4n) is 4.06. The number of likely N-dealkylation sites (tertiary alicyclic amines) is 1. The van der Waals surface area contributed by atoms with Gasteiger partial charge in [0.2, 0.25) is 5.91 Å². The number of ether oxygens (including phenoxy) is 3. The van der Waals surface area contributed by atoms with Crippen LogP contribution in [0, 0.1) is 0 Å². The van der Waals surface area contributed by atoms with Crippen molar-refractivity contribution in [2.45, 2.75) is 57.7 Å². The molecule has 3 rings (SSSR count). The summed E-state index contributed by atoms with van der Waals surface area (Å²) >= 11 is 0. The standard InChI is InChI=1S/C23H34N2O5/c1-17(26)25-13-10-20(11-14-25)30-22-16-18(7-8-21(22)28-3)23(27)24(2)12-9-19-6-4-5-15-29-19/h7-8,16,19-20H,4-6,9-15H2,1-3H3/t19-/m0/s1. The summed E-state index contributed by atoms with van der Waals surface area (Å²) < 4.78 is 17.4. The Balaban J connectivity index is 1.60. The van der Waals surface area contributed by atoms with E-state index in [2.05, 4.69) is 0 Å². The van der Waals surface area contributed by atoms with Crippen LogP contribution in [0.3, 0.4) is 0 Å². The first-order chi connectivity index (χ1) is 14.5. The van der Waals surface area contributed by atoms with E-state index in [0.717, 1.165) is 38.7 Å². The van der Waals surface area contributed by atoms with Crippen molar-refractivity contribution in [3.63, 3.8) is 0 Å². The highest BCUT2D eigenvalue weighted by molar-refractivity contribution is 5.94. The summed E-state index contributed by atoms with van der Waals surface area (Å²) in [6.07, 6.45) is 6.05. The minimum Gasteiger partial charge on any atom is -0.493 e. The van der Waals surface area contributed by atoms with Crippen LogP contribution in [0.4, 0.5) is 0 Å². The van der Waals surface area contributed by atoms with Crippen LogP contribution in [0.25, 0.3) is 0 Å². The van der Waals surface area contributed by atoms with Gasteiger partial charge in [0.05, 0.1) is 13.2 Å². The summed E-state index contributed by atoms with van der Waals surface area (Å²) in [6, 6.07) is 5.33. The molecule has 166 valence electrons. The van der Waals surface area contributed by atoms with Gasteiger partial charge in [0.15, 0.2) is 11.5 Å². The van der Waals surface area contributed by atoms with E-state index in [9.17, 15) is 9.59 Å². The van der Waals surface area contributed by atoms with Crippen molar-refractivity contribution in [1.29, 1.82) is 0 Å². The Morgan fingerprint density at radius 3 is 2.57 bits per heavy atom. The Hall–Kier alpha value is -2.28. The van der Waals surface area contributed by atoms with Crippen molar-refractivity contribution in [3.8, 4) is 11.5 Å². The molecular weight excluding hydrogens is 384 g/mol. The monoisotopic (exact) mass is 418 g/mol. The molecule has 0 spiro atoms. The van der Waals surface area contributed by atoms with Gasteiger partial charge in [-0.1, -0.05) is 0 Å². The van der Waals surface area contributed by atoms with Gasteiger partial charge in [-0.3, -0.25) is 9.59 Å². The van der Waals surface area contributed by atoms with Crippen LogP contribution in [0.1, 0.15) is 55.8 Å². The van der Waals surface area contributed by atoms with E-state index in [1.807, 2.05) is 11.9 Å². The van der Waals surface area contributed by atoms with E-state index in [4.69, 9.17) is 14.2 Å². The van der Waals surface area contributed by atoms with Gasteiger partial charge in [-0.15, -0.1) is 0 Å². The number of carbonyl (C=O) groups is 2. The molecule has 1 atom stereocenters. The second-order valence-electron chi connectivity index (χ2n) is 8.19. The predicted molar refractivity (Wildman–Crippen MR) is 114 cm³/mol. The molecule has 7 heteroatoms. The first-order valence-electron chi connectivity index (χ1n) is 10.9. The molecule has 2 fully saturated rings. The summed E-state index contributed by atoms with van der Waals surface area (Å²) in [6.45, 7) is 4.46. The van der Waals surface area contributed by atoms with Gasteiger partial charge >= 0.3 is 0 Å². The smallest absolute Gasteiger partial charge is 0.253 e. The maximum absolute atomic E-state index is 12.9. The summed E-state index contributed by atoms with van der Waals surface area (Å²) in [5, 5.41) is 0. The van der Waals surface area contributed by atoms with Gasteiger partial charge in [0, 0.05) is 58.6 Å². The number of hydrogen-bond acceptors (Lipinski definition) is 5. The fraction of sp³-hybridized carbons (Fsp3) is 0.652. The van der Waals surface area contributed by atoms with Crippen LogP contribution < -0.4 is 9.47 Å². The summed E-state index contributed by atoms with van der Waals surface area (Å²) in [4.78, 5) is 28.0. The van der Waals surface area contributed by atoms with Gasteiger partial charge in [0.25, 0.3) is 5.91 Å². The van der Waals surface area contributed by atoms with Crippen molar-refractivity contribution in [3.05, 3.63) is 23.8 Å². The quantitative estimate of drug-likeness (QED) is 0.681. The lowest BCUT2D eigenvalue weighted by molar-refractivity contribution is -0.130. The predicted octanol–water partition coefficient (Wildman–Crippen LogP) is 3.12. The number of carbonyl (C=O) groups excluding carboxylic acids is 2. The van der Waals surface area contributed by atoms with Crippen LogP contribution in [0.2, 0.25) is 0 Å². The number of amides is 2. The van der Waals surface area contributed by atoms with Crippen LogP contribution >= 0.6 is 0 Å². The number of benzene rings is 1. The lowest BCUT2D eigenvalue weighted by Gasteiger charge is -2.31. The molecule has 2 amide bonds. The Bertz CT molecular complexity index is 724. The number of piperidine rings is 1. The molecule has 0 aliphatic carbocycles. The van der Waals surface area contributed by atoms with Crippen molar-refractivity contribution in [2.75, 3.05) is 40.4 Å². The highest BCUT2D eigenvalue weighted by Crippen LogP contribution is 2.31. The largest absolute Gasteiger partial charge is 0.493 e. The van der Waals surface area contributed by atoms with E-state index >= 15 is 0 Å². The van der Waals surface area contributed by atoms with E-state index in [1.165, 1.54) is 6.42 Å². The highest BCUT2D eigenvalue weighted by Gasteiger charge is 2.24. The molecule has 2 aliphatic heterocycles. The van der Waals surface area contributed by atoms with Crippen LogP contribution in [-0.4, -0.2) is 74.2 Å². The topological polar surface area (TPSA) is 68.3 Å². The van der Waals surface area contributed by atoms with Crippen LogP contribution in [0.5, 0.6) is 11.5 Å². The second kappa shape index (κ2) is 10.7. The average Bonchev–Trinajstić information content (AvgIpc) is 2.78. The molecule has 0 radical (unpaired) electrons. The second-order valence-corrected chi connectivity index (χ2v) is 8.19. The normalized spacial score (nSPS) is 20.0. The van der Waals surface area contributed by atoms with Gasteiger partial charge in [0.1, 0.15) is 6.10 Å². The van der Waals surface area contributed by atoms with E-state index in [-0.39, 0.29) is 24.0 Å². The summed E-state index contributed by atoms with van der Waals surface area (Å²) in [5.41, 5.74) is 0.582. The Morgan fingerprint density at radius 2 is 1.93 bits per heavy atom. The molecule has 0 saturated carbocycles. The molecule has 30 heavy (non-hydrogen) atoms. The highest BCUT2D eigenvalue weighted by atomic mass is 16.5. The third-order valence-electron chi connectivity index (χ3n) is 6.00. The third kappa shape index (κ3) is 5.88. The van der Waals surface area contributed by atoms with E-state index < -0.39 is 0 Å². The first-order valence-corrected chi connectivity index (χ1v) is 10.9. The average molecular weight is 419 g/mol. The molecule has 2 saturated heterocycles. The third-order valence-corrected chi connectivity index (χ3v) is 6.00. The van der Waals surface area contributed by atoms with Crippen molar-refractivity contribution >= 4 is 11.8 Å². The first kappa shape index (κ1) is 22.4. The molecule has 0 aromatic heterocycles. The van der Waals surface area contributed by atoms with E-state index in [1.54, 1.807) is 37.1 Å². The van der Waals surface area contributed by atoms with Gasteiger partial charge < -0.3 is 24.0 Å². The number of rotatable bonds is 7. The van der Waals surface area contributed by atoms with Crippen LogP contribution in [0.15, 0.2) is 18.2 Å². The number of hydrogen-bond donors (Lipinski definition) is 0. The van der Waals surface area contributed by atoms with Crippen LogP contribution in [-0.2, 0) is 9.53 Å². The zero-order chi connectivity index (χ0) is 21.5. The van der Waals surface area contributed by atoms with Crippen molar-refractivity contribution in [2.24, 2.45) is 0 Å². The Morgan fingerprint density at radius 1 is 1.17 bits per heavy atom. The Kier molecular flexibility index (Phi) is 7.96. The Labute approximate surface area is 179 Å². The summed E-state index contributed by atoms with van der Waals surface area (Å²) in [5.74, 6) is 1.25. The lowest BCUT2D eigenvalue weighted by atomic mass is 10.1. The molecule has 1 aromatic rings. The zero-order valence-electron chi connectivity index (χ0n) is 18.4. The zero-order valence-corrected chi connectivity index (χ0v) is 18.4. The molecule has 0 unspecified atom stereocenters. The minimum absolute atomic E-state index is 0.000955. The molecule has 0 bridgehead atoms. The minimum atomic E-state index is -0.0373. The van der Waals surface area contributed by atoms with Gasteiger partial charge in [-0.2, -0.15) is 0 Å². The van der Waals surface area contributed by atoms with Gasteiger partial charge in [-0.25, -0.2) is 0 Å². The molecule has 2 aliphatic rings. The van der Waals surface area contributed by atoms with Crippen molar-refractivity contribution < 1.29 is 23.8 Å². The lowest BCUT2D eigenvalue weighted by Crippen LogP contribution is -2.40. The number of methoxy groups -OCH3 is 1. The molecule has 2 heterocycles. The molecular formula is C23H34N2O5. The van der Waals surface area contributed by atoms with E-state index in [0.29, 0.717) is 36.7 Å². The maximum Gasteiger partial charge on any atom is 0.253 e. The summed E-state index contributed by atoms with van der Waals surface area (Å²) in [7, 11) is 3.42. The fourth-order valence-corrected chi connectivity index (χ4v) is 4.06. The molecule has 7 nitrogen and oxygen atoms in total. The van der Waals surface area contributed by atoms with Gasteiger partial charge in [-0.05, 0) is 43.9 Å². The maximum atomic E-state index is 12.9.